The molecule has 3 nitrogen and oxygen atoms in total. The smallest absolute Gasteiger partial charge is 0.263 e. The Labute approximate surface area is 122 Å². The van der Waals surface area contributed by atoms with E-state index in [-0.39, 0.29) is 11.9 Å². The standard InChI is InChI=1S/C16H18N2OS/c1-10-6-5-9-12-13(17)15(20-14(10)12)16(19)18-11-7-3-2-4-8-11/h2-3,5-6,9,11H,4,7-8,17H2,1H3,(H,18,19). The lowest BCUT2D eigenvalue weighted by atomic mass is 10.0. The van der Waals surface area contributed by atoms with Crippen LogP contribution in [0.1, 0.15) is 34.5 Å². The Kier molecular flexibility index (Phi) is 3.49. The fourth-order valence-electron chi connectivity index (χ4n) is 2.62. The van der Waals surface area contributed by atoms with E-state index in [4.69, 9.17) is 5.73 Å². The number of carbonyl (C=O) groups is 1. The predicted molar refractivity (Wildman–Crippen MR) is 85.2 cm³/mol. The van der Waals surface area contributed by atoms with Crippen molar-refractivity contribution in [3.63, 3.8) is 0 Å². The van der Waals surface area contributed by atoms with Crippen LogP contribution in [-0.2, 0) is 0 Å². The van der Waals surface area contributed by atoms with E-state index in [1.54, 1.807) is 0 Å². The third-order valence-corrected chi connectivity index (χ3v) is 5.12. The summed E-state index contributed by atoms with van der Waals surface area (Å²) in [5, 5.41) is 4.09. The van der Waals surface area contributed by atoms with Crippen molar-refractivity contribution in [1.82, 2.24) is 5.32 Å². The van der Waals surface area contributed by atoms with Crippen LogP contribution in [0, 0.1) is 6.92 Å². The van der Waals surface area contributed by atoms with Crippen LogP contribution in [0.25, 0.3) is 10.1 Å². The molecule has 3 N–H and O–H groups in total. The summed E-state index contributed by atoms with van der Waals surface area (Å²) in [4.78, 5) is 13.1. The van der Waals surface area contributed by atoms with E-state index in [1.807, 2.05) is 25.1 Å². The number of nitrogen functional groups attached to an aromatic ring is 1. The average molecular weight is 286 g/mol. The van der Waals surface area contributed by atoms with Gasteiger partial charge in [-0.2, -0.15) is 0 Å². The van der Waals surface area contributed by atoms with E-state index >= 15 is 0 Å². The maximum atomic E-state index is 12.4. The summed E-state index contributed by atoms with van der Waals surface area (Å²) < 4.78 is 1.11. The van der Waals surface area contributed by atoms with Gasteiger partial charge in [0, 0.05) is 16.1 Å². The largest absolute Gasteiger partial charge is 0.397 e. The molecule has 20 heavy (non-hydrogen) atoms. The van der Waals surface area contributed by atoms with Gasteiger partial charge in [-0.05, 0) is 31.7 Å². The maximum absolute atomic E-state index is 12.4. The zero-order chi connectivity index (χ0) is 14.1. The second-order valence-electron chi connectivity index (χ2n) is 5.25. The van der Waals surface area contributed by atoms with E-state index in [1.165, 1.54) is 16.9 Å². The summed E-state index contributed by atoms with van der Waals surface area (Å²) >= 11 is 1.49. The highest BCUT2D eigenvalue weighted by Crippen LogP contribution is 2.35. The highest BCUT2D eigenvalue weighted by molar-refractivity contribution is 7.21. The number of carbonyl (C=O) groups excluding carboxylic acids is 1. The van der Waals surface area contributed by atoms with Gasteiger partial charge in [0.15, 0.2) is 0 Å². The van der Waals surface area contributed by atoms with Crippen LogP contribution in [0.5, 0.6) is 0 Å². The van der Waals surface area contributed by atoms with Crippen molar-refractivity contribution in [2.24, 2.45) is 0 Å². The summed E-state index contributed by atoms with van der Waals surface area (Å²) in [5.41, 5.74) is 7.92. The summed E-state index contributed by atoms with van der Waals surface area (Å²) in [6.07, 6.45) is 7.25. The van der Waals surface area contributed by atoms with Crippen molar-refractivity contribution in [1.29, 1.82) is 0 Å². The fraction of sp³-hybridized carbons (Fsp3) is 0.312. The monoisotopic (exact) mass is 286 g/mol. The Morgan fingerprint density at radius 2 is 2.25 bits per heavy atom. The normalized spacial score (nSPS) is 18.4. The second-order valence-corrected chi connectivity index (χ2v) is 6.27. The van der Waals surface area contributed by atoms with Gasteiger partial charge >= 0.3 is 0 Å². The number of benzene rings is 1. The van der Waals surface area contributed by atoms with Crippen molar-refractivity contribution in [3.05, 3.63) is 40.8 Å². The Balaban J connectivity index is 1.89. The predicted octanol–water partition coefficient (Wildman–Crippen LogP) is 3.63. The molecular formula is C16H18N2OS. The van der Waals surface area contributed by atoms with Crippen molar-refractivity contribution in [2.45, 2.75) is 32.2 Å². The molecule has 2 aromatic rings. The van der Waals surface area contributed by atoms with Crippen molar-refractivity contribution >= 4 is 33.0 Å². The van der Waals surface area contributed by atoms with E-state index in [0.717, 1.165) is 29.3 Å². The molecular weight excluding hydrogens is 268 g/mol. The van der Waals surface area contributed by atoms with Gasteiger partial charge in [-0.15, -0.1) is 11.3 Å². The molecule has 4 heteroatoms. The SMILES string of the molecule is Cc1cccc2c(N)c(C(=O)NC3CC=CCC3)sc12. The number of nitrogens with one attached hydrogen (secondary N) is 1. The third kappa shape index (κ3) is 2.31. The van der Waals surface area contributed by atoms with Gasteiger partial charge in [0.2, 0.25) is 0 Å². The first-order chi connectivity index (χ1) is 9.66. The van der Waals surface area contributed by atoms with Crippen LogP contribution < -0.4 is 11.1 Å². The molecule has 0 saturated carbocycles. The van der Waals surface area contributed by atoms with E-state index in [0.29, 0.717) is 10.6 Å². The molecule has 0 radical (unpaired) electrons. The topological polar surface area (TPSA) is 55.1 Å². The van der Waals surface area contributed by atoms with E-state index in [9.17, 15) is 4.79 Å². The lowest BCUT2D eigenvalue weighted by Crippen LogP contribution is -2.35. The van der Waals surface area contributed by atoms with Crippen LogP contribution in [0.4, 0.5) is 5.69 Å². The lowest BCUT2D eigenvalue weighted by molar-refractivity contribution is 0.0939. The number of rotatable bonds is 2. The molecule has 0 spiro atoms. The van der Waals surface area contributed by atoms with Crippen molar-refractivity contribution in [3.8, 4) is 0 Å². The molecule has 1 aromatic heterocycles. The van der Waals surface area contributed by atoms with Crippen molar-refractivity contribution in [2.75, 3.05) is 5.73 Å². The number of hydrogen-bond donors (Lipinski definition) is 2. The molecule has 104 valence electrons. The van der Waals surface area contributed by atoms with Gasteiger partial charge < -0.3 is 11.1 Å². The molecule has 1 aliphatic carbocycles. The number of thiophene rings is 1. The van der Waals surface area contributed by atoms with E-state index in [2.05, 4.69) is 17.5 Å². The van der Waals surface area contributed by atoms with Gasteiger partial charge in [-0.1, -0.05) is 30.4 Å². The van der Waals surface area contributed by atoms with Gasteiger partial charge in [-0.3, -0.25) is 4.79 Å². The molecule has 0 saturated heterocycles. The van der Waals surface area contributed by atoms with E-state index < -0.39 is 0 Å². The Bertz CT molecular complexity index is 687. The molecule has 1 unspecified atom stereocenters. The van der Waals surface area contributed by atoms with Crippen LogP contribution in [-0.4, -0.2) is 11.9 Å². The molecule has 0 bridgehead atoms. The number of allylic oxidation sites excluding steroid dienone is 1. The van der Waals surface area contributed by atoms with Crippen LogP contribution >= 0.6 is 11.3 Å². The number of hydrogen-bond acceptors (Lipinski definition) is 3. The number of nitrogens with two attached hydrogens (primary N) is 1. The minimum atomic E-state index is -0.0385. The molecule has 1 amide bonds. The lowest BCUT2D eigenvalue weighted by Gasteiger charge is -2.18. The first-order valence-corrected chi connectivity index (χ1v) is 7.72. The quantitative estimate of drug-likeness (QED) is 0.828. The zero-order valence-corrected chi connectivity index (χ0v) is 12.3. The average Bonchev–Trinajstić information content (AvgIpc) is 2.79. The first kappa shape index (κ1) is 13.2. The highest BCUT2D eigenvalue weighted by Gasteiger charge is 2.20. The second kappa shape index (κ2) is 5.29. The summed E-state index contributed by atoms with van der Waals surface area (Å²) in [6.45, 7) is 2.05. The van der Waals surface area contributed by atoms with Crippen molar-refractivity contribution < 1.29 is 4.79 Å². The number of aryl methyl sites for hydroxylation is 1. The number of fused-ring (bicyclic) bond motifs is 1. The fourth-order valence-corrected chi connectivity index (χ4v) is 3.72. The Morgan fingerprint density at radius 1 is 1.40 bits per heavy atom. The number of anilines is 1. The van der Waals surface area contributed by atoms with Crippen LogP contribution in [0.2, 0.25) is 0 Å². The molecule has 1 heterocycles. The highest BCUT2D eigenvalue weighted by atomic mass is 32.1. The molecule has 0 aliphatic heterocycles. The molecule has 3 rings (SSSR count). The molecule has 1 aromatic carbocycles. The Hall–Kier alpha value is -1.81. The minimum Gasteiger partial charge on any atom is -0.397 e. The summed E-state index contributed by atoms with van der Waals surface area (Å²) in [7, 11) is 0. The van der Waals surface area contributed by atoms with Crippen LogP contribution in [0.15, 0.2) is 30.4 Å². The molecule has 1 aliphatic rings. The summed E-state index contributed by atoms with van der Waals surface area (Å²) in [6, 6.07) is 6.24. The first-order valence-electron chi connectivity index (χ1n) is 6.90. The van der Waals surface area contributed by atoms with Gasteiger partial charge in [0.25, 0.3) is 5.91 Å². The van der Waals surface area contributed by atoms with Gasteiger partial charge in [-0.25, -0.2) is 0 Å². The maximum Gasteiger partial charge on any atom is 0.263 e. The zero-order valence-electron chi connectivity index (χ0n) is 11.5. The Morgan fingerprint density at radius 3 is 2.95 bits per heavy atom. The molecule has 0 fully saturated rings. The number of amides is 1. The van der Waals surface area contributed by atoms with Gasteiger partial charge in [0.1, 0.15) is 4.88 Å². The third-order valence-electron chi connectivity index (χ3n) is 3.76. The minimum absolute atomic E-state index is 0.0385. The van der Waals surface area contributed by atoms with Crippen LogP contribution in [0.3, 0.4) is 0 Å². The molecule has 1 atom stereocenters. The van der Waals surface area contributed by atoms with Gasteiger partial charge in [0.05, 0.1) is 5.69 Å². The summed E-state index contributed by atoms with van der Waals surface area (Å²) in [5.74, 6) is -0.0385.